The Morgan fingerprint density at radius 2 is 1.79 bits per heavy atom. The van der Waals surface area contributed by atoms with Crippen LogP contribution in [0.4, 0.5) is 0 Å². The van der Waals surface area contributed by atoms with Gasteiger partial charge in [-0.1, -0.05) is 65.1 Å². The number of benzene rings is 1. The molecule has 4 heteroatoms. The second-order valence-electron chi connectivity index (χ2n) is 3.51. The van der Waals surface area contributed by atoms with Gasteiger partial charge in [-0.25, -0.2) is 0 Å². The molecule has 0 radical (unpaired) electrons. The Kier molecular flexibility index (Phi) is 2.47. The van der Waals surface area contributed by atoms with Crippen LogP contribution >= 0.6 is 34.8 Å². The monoisotopic (exact) mass is 250 g/mol. The number of hydrogen-bond donors (Lipinski definition) is 0. The highest BCUT2D eigenvalue weighted by Crippen LogP contribution is 2.61. The van der Waals surface area contributed by atoms with Gasteiger partial charge >= 0.3 is 0 Å². The first-order valence-electron chi connectivity index (χ1n) is 4.24. The molecule has 0 bridgehead atoms. The third kappa shape index (κ3) is 1.63. The molecule has 0 saturated carbocycles. The second kappa shape index (κ2) is 3.28. The van der Waals surface area contributed by atoms with Gasteiger partial charge in [0.1, 0.15) is 11.7 Å². The van der Waals surface area contributed by atoms with E-state index in [1.807, 2.05) is 30.3 Å². The summed E-state index contributed by atoms with van der Waals surface area (Å²) in [6, 6.07) is 9.75. The molecular formula is C10H9Cl3O. The first kappa shape index (κ1) is 10.6. The predicted octanol–water partition coefficient (Wildman–Crippen LogP) is 3.89. The molecule has 0 aromatic heterocycles. The van der Waals surface area contributed by atoms with Crippen LogP contribution in [0.1, 0.15) is 18.6 Å². The Labute approximate surface area is 97.9 Å². The molecule has 2 atom stereocenters. The zero-order valence-corrected chi connectivity index (χ0v) is 9.77. The molecule has 76 valence electrons. The Morgan fingerprint density at radius 1 is 1.21 bits per heavy atom. The topological polar surface area (TPSA) is 12.5 Å². The van der Waals surface area contributed by atoms with Gasteiger partial charge in [-0.15, -0.1) is 0 Å². The van der Waals surface area contributed by atoms with Crippen molar-refractivity contribution >= 4 is 34.8 Å². The average molecular weight is 252 g/mol. The minimum atomic E-state index is -1.38. The minimum Gasteiger partial charge on any atom is -0.357 e. The summed E-state index contributed by atoms with van der Waals surface area (Å²) in [5.74, 6) is 0. The zero-order valence-electron chi connectivity index (χ0n) is 7.51. The molecule has 0 aliphatic carbocycles. The van der Waals surface area contributed by atoms with E-state index in [2.05, 4.69) is 0 Å². The third-order valence-electron chi connectivity index (χ3n) is 2.47. The molecule has 2 rings (SSSR count). The normalized spacial score (nSPS) is 31.6. The summed E-state index contributed by atoms with van der Waals surface area (Å²) in [5.41, 5.74) is 0.347. The summed E-state index contributed by atoms with van der Waals surface area (Å²) in [6.45, 7) is 1.80. The fraction of sp³-hybridized carbons (Fsp3) is 0.400. The van der Waals surface area contributed by atoms with E-state index in [0.29, 0.717) is 0 Å². The van der Waals surface area contributed by atoms with Crippen molar-refractivity contribution in [3.05, 3.63) is 35.9 Å². The number of epoxide rings is 1. The van der Waals surface area contributed by atoms with E-state index < -0.39 is 9.39 Å². The molecule has 1 aliphatic heterocycles. The summed E-state index contributed by atoms with van der Waals surface area (Å²) in [5, 5.41) is 0. The van der Waals surface area contributed by atoms with Crippen LogP contribution in [-0.2, 0) is 4.74 Å². The third-order valence-corrected chi connectivity index (χ3v) is 3.60. The first-order valence-corrected chi connectivity index (χ1v) is 5.38. The van der Waals surface area contributed by atoms with E-state index in [0.717, 1.165) is 5.56 Å². The van der Waals surface area contributed by atoms with E-state index >= 15 is 0 Å². The van der Waals surface area contributed by atoms with Gasteiger partial charge in [0, 0.05) is 0 Å². The Hall–Kier alpha value is 0.0500. The zero-order chi connectivity index (χ0) is 10.4. The lowest BCUT2D eigenvalue weighted by atomic mass is 10.0. The van der Waals surface area contributed by atoms with Crippen LogP contribution in [0.25, 0.3) is 0 Å². The summed E-state index contributed by atoms with van der Waals surface area (Å²) >= 11 is 17.5. The lowest BCUT2D eigenvalue weighted by Gasteiger charge is -2.16. The fourth-order valence-electron chi connectivity index (χ4n) is 1.44. The van der Waals surface area contributed by atoms with Crippen LogP contribution in [0, 0.1) is 0 Å². The standard InChI is InChI=1S/C10H9Cl3O/c1-9(10(11,12)13)8(14-9)7-5-3-2-4-6-7/h2-6,8H,1H3. The highest BCUT2D eigenvalue weighted by Gasteiger charge is 2.65. The van der Waals surface area contributed by atoms with Gasteiger partial charge in [-0.05, 0) is 12.5 Å². The molecule has 1 nitrogen and oxygen atoms in total. The molecule has 0 amide bonds. The minimum absolute atomic E-state index is 0.115. The van der Waals surface area contributed by atoms with Crippen LogP contribution in [0.5, 0.6) is 0 Å². The lowest BCUT2D eigenvalue weighted by molar-refractivity contribution is 0.312. The number of ether oxygens (including phenoxy) is 1. The van der Waals surface area contributed by atoms with Gasteiger partial charge in [-0.2, -0.15) is 0 Å². The number of rotatable bonds is 1. The molecule has 1 aromatic carbocycles. The number of hydrogen-bond acceptors (Lipinski definition) is 1. The second-order valence-corrected chi connectivity index (χ2v) is 5.79. The molecule has 0 spiro atoms. The van der Waals surface area contributed by atoms with E-state index in [1.54, 1.807) is 6.92 Å². The van der Waals surface area contributed by atoms with Crippen molar-refractivity contribution in [1.29, 1.82) is 0 Å². The maximum atomic E-state index is 5.82. The summed E-state index contributed by atoms with van der Waals surface area (Å²) in [6.07, 6.45) is -0.115. The maximum Gasteiger partial charge on any atom is 0.221 e. The number of halogens is 3. The van der Waals surface area contributed by atoms with E-state index in [4.69, 9.17) is 39.5 Å². The SMILES string of the molecule is CC1(C(Cl)(Cl)Cl)OC1c1ccccc1. The highest BCUT2D eigenvalue weighted by molar-refractivity contribution is 6.68. The summed E-state index contributed by atoms with van der Waals surface area (Å²) < 4.78 is 4.08. The molecule has 1 fully saturated rings. The van der Waals surface area contributed by atoms with Gasteiger partial charge < -0.3 is 4.74 Å². The number of alkyl halides is 3. The molecular weight excluding hydrogens is 242 g/mol. The first-order chi connectivity index (χ1) is 6.45. The van der Waals surface area contributed by atoms with Crippen molar-refractivity contribution in [2.75, 3.05) is 0 Å². The van der Waals surface area contributed by atoms with E-state index in [1.165, 1.54) is 0 Å². The molecule has 14 heavy (non-hydrogen) atoms. The maximum absolute atomic E-state index is 5.82. The molecule has 2 unspecified atom stereocenters. The molecule has 1 aliphatic rings. The Balaban J connectivity index is 2.21. The highest BCUT2D eigenvalue weighted by atomic mass is 35.6. The van der Waals surface area contributed by atoms with Crippen molar-refractivity contribution in [3.63, 3.8) is 0 Å². The molecule has 0 N–H and O–H groups in total. The van der Waals surface area contributed by atoms with Gasteiger partial charge in [0.2, 0.25) is 3.79 Å². The summed E-state index contributed by atoms with van der Waals surface area (Å²) in [4.78, 5) is 0. The van der Waals surface area contributed by atoms with Crippen molar-refractivity contribution in [3.8, 4) is 0 Å². The van der Waals surface area contributed by atoms with E-state index in [9.17, 15) is 0 Å². The van der Waals surface area contributed by atoms with Crippen LogP contribution < -0.4 is 0 Å². The smallest absolute Gasteiger partial charge is 0.221 e. The molecule has 1 saturated heterocycles. The Bertz CT molecular complexity index is 333. The van der Waals surface area contributed by atoms with Gasteiger partial charge in [0.05, 0.1) is 0 Å². The average Bonchev–Trinajstić information content (AvgIpc) is 2.80. The summed E-state index contributed by atoms with van der Waals surface area (Å²) in [7, 11) is 0. The van der Waals surface area contributed by atoms with Crippen LogP contribution in [0.3, 0.4) is 0 Å². The van der Waals surface area contributed by atoms with Gasteiger partial charge in [0.25, 0.3) is 0 Å². The van der Waals surface area contributed by atoms with Crippen LogP contribution in [0.15, 0.2) is 30.3 Å². The van der Waals surface area contributed by atoms with Crippen molar-refractivity contribution in [2.24, 2.45) is 0 Å². The quantitative estimate of drug-likeness (QED) is 0.545. The van der Waals surface area contributed by atoms with Gasteiger partial charge in [-0.3, -0.25) is 0 Å². The lowest BCUT2D eigenvalue weighted by Crippen LogP contribution is -2.26. The molecule has 1 heterocycles. The predicted molar refractivity (Wildman–Crippen MR) is 59.0 cm³/mol. The van der Waals surface area contributed by atoms with Gasteiger partial charge in [0.15, 0.2) is 0 Å². The van der Waals surface area contributed by atoms with E-state index in [-0.39, 0.29) is 6.10 Å². The van der Waals surface area contributed by atoms with Crippen molar-refractivity contribution < 1.29 is 4.74 Å². The Morgan fingerprint density at radius 3 is 2.21 bits per heavy atom. The van der Waals surface area contributed by atoms with Crippen molar-refractivity contribution in [2.45, 2.75) is 22.4 Å². The molecule has 1 aromatic rings. The van der Waals surface area contributed by atoms with Crippen LogP contribution in [0.2, 0.25) is 0 Å². The van der Waals surface area contributed by atoms with Crippen LogP contribution in [-0.4, -0.2) is 9.39 Å². The largest absolute Gasteiger partial charge is 0.357 e. The van der Waals surface area contributed by atoms with Crippen molar-refractivity contribution in [1.82, 2.24) is 0 Å². The fourth-order valence-corrected chi connectivity index (χ4v) is 1.87.